The summed E-state index contributed by atoms with van der Waals surface area (Å²) in [7, 11) is 0. The Morgan fingerprint density at radius 3 is 2.71 bits per heavy atom. The molecule has 3 rings (SSSR count). The maximum absolute atomic E-state index is 11.7. The smallest absolute Gasteiger partial charge is 0.231 e. The number of benzene rings is 2. The molecule has 0 saturated heterocycles. The average Bonchev–Trinajstić information content (AvgIpc) is 2.77. The van der Waals surface area contributed by atoms with E-state index in [9.17, 15) is 9.90 Å². The van der Waals surface area contributed by atoms with E-state index in [1.807, 2.05) is 43.3 Å². The van der Waals surface area contributed by atoms with Gasteiger partial charge in [-0.3, -0.25) is 4.79 Å². The fourth-order valence-electron chi connectivity index (χ4n) is 2.64. The molecule has 1 heterocycles. The first-order valence-electron chi connectivity index (χ1n) is 6.92. The first-order chi connectivity index (χ1) is 10.1. The summed E-state index contributed by atoms with van der Waals surface area (Å²) in [6, 6.07) is 13.4. The molecule has 0 aliphatic carbocycles. The second kappa shape index (κ2) is 5.51. The van der Waals surface area contributed by atoms with Crippen LogP contribution in [-0.2, 0) is 11.2 Å². The highest BCUT2D eigenvalue weighted by atomic mass is 35.5. The lowest BCUT2D eigenvalue weighted by atomic mass is 9.95. The van der Waals surface area contributed by atoms with Gasteiger partial charge in [0.2, 0.25) is 5.91 Å². The molecule has 2 aromatic rings. The predicted octanol–water partition coefficient (Wildman–Crippen LogP) is 3.67. The Hall–Kier alpha value is -1.84. The first kappa shape index (κ1) is 14.1. The molecule has 1 amide bonds. The van der Waals surface area contributed by atoms with E-state index >= 15 is 0 Å². The highest BCUT2D eigenvalue weighted by Crippen LogP contribution is 2.40. The number of fused-ring (bicyclic) bond motifs is 1. The van der Waals surface area contributed by atoms with E-state index in [0.29, 0.717) is 17.1 Å². The summed E-state index contributed by atoms with van der Waals surface area (Å²) in [6.45, 7) is 1.84. The van der Waals surface area contributed by atoms with Gasteiger partial charge in [-0.1, -0.05) is 48.0 Å². The van der Waals surface area contributed by atoms with Crippen molar-refractivity contribution < 1.29 is 9.90 Å². The first-order valence-corrected chi connectivity index (χ1v) is 7.30. The van der Waals surface area contributed by atoms with Crippen molar-refractivity contribution in [2.75, 3.05) is 5.32 Å². The molecule has 0 bridgehead atoms. The normalized spacial score (nSPS) is 18.2. The van der Waals surface area contributed by atoms with Crippen LogP contribution >= 0.6 is 11.6 Å². The second-order valence-corrected chi connectivity index (χ2v) is 5.79. The van der Waals surface area contributed by atoms with Gasteiger partial charge in [-0.25, -0.2) is 0 Å². The molecule has 2 atom stereocenters. The lowest BCUT2D eigenvalue weighted by Crippen LogP contribution is -2.08. The molecule has 3 nitrogen and oxygen atoms in total. The Labute approximate surface area is 128 Å². The molecule has 2 unspecified atom stereocenters. The summed E-state index contributed by atoms with van der Waals surface area (Å²) in [4.78, 5) is 11.7. The minimum Gasteiger partial charge on any atom is -0.388 e. The van der Waals surface area contributed by atoms with Crippen molar-refractivity contribution in [3.8, 4) is 0 Å². The number of carbonyl (C=O) groups excluding carboxylic acids is 1. The zero-order valence-corrected chi connectivity index (χ0v) is 12.4. The Balaban J connectivity index is 1.90. The molecule has 21 heavy (non-hydrogen) atoms. The molecular weight excluding hydrogens is 286 g/mol. The zero-order chi connectivity index (χ0) is 15.0. The van der Waals surface area contributed by atoms with E-state index < -0.39 is 6.10 Å². The molecule has 0 radical (unpaired) electrons. The lowest BCUT2D eigenvalue weighted by molar-refractivity contribution is -0.116. The van der Waals surface area contributed by atoms with Crippen molar-refractivity contribution in [1.29, 1.82) is 0 Å². The number of hydrogen-bond donors (Lipinski definition) is 2. The summed E-state index contributed by atoms with van der Waals surface area (Å²) in [5, 5.41) is 13.7. The molecular formula is C17H16ClNO2. The third kappa shape index (κ3) is 2.67. The summed E-state index contributed by atoms with van der Waals surface area (Å²) < 4.78 is 0. The van der Waals surface area contributed by atoms with Crippen LogP contribution in [0.2, 0.25) is 5.02 Å². The van der Waals surface area contributed by atoms with Crippen LogP contribution in [0.25, 0.3) is 0 Å². The Morgan fingerprint density at radius 2 is 2.00 bits per heavy atom. The number of aliphatic hydroxyl groups is 1. The number of aliphatic hydroxyl groups excluding tert-OH is 1. The van der Waals surface area contributed by atoms with Gasteiger partial charge < -0.3 is 10.4 Å². The topological polar surface area (TPSA) is 49.3 Å². The number of halogens is 1. The second-order valence-electron chi connectivity index (χ2n) is 5.38. The van der Waals surface area contributed by atoms with Crippen LogP contribution in [0.1, 0.15) is 35.6 Å². The monoisotopic (exact) mass is 301 g/mol. The minimum absolute atomic E-state index is 0.0541. The predicted molar refractivity (Wildman–Crippen MR) is 83.6 cm³/mol. The number of anilines is 1. The molecule has 0 spiro atoms. The van der Waals surface area contributed by atoms with Crippen molar-refractivity contribution in [3.05, 3.63) is 64.2 Å². The van der Waals surface area contributed by atoms with Gasteiger partial charge in [-0.2, -0.15) is 0 Å². The van der Waals surface area contributed by atoms with Crippen molar-refractivity contribution >= 4 is 23.2 Å². The molecule has 0 aromatic heterocycles. The van der Waals surface area contributed by atoms with Crippen molar-refractivity contribution in [1.82, 2.24) is 0 Å². The minimum atomic E-state index is -0.641. The van der Waals surface area contributed by atoms with Gasteiger partial charge in [-0.05, 0) is 29.7 Å². The third-order valence-corrected chi connectivity index (χ3v) is 4.21. The molecule has 2 N–H and O–H groups in total. The van der Waals surface area contributed by atoms with Crippen LogP contribution in [0.15, 0.2) is 42.5 Å². The number of carbonyl (C=O) groups is 1. The zero-order valence-electron chi connectivity index (χ0n) is 11.6. The molecule has 4 heteroatoms. The highest BCUT2D eigenvalue weighted by molar-refractivity contribution is 6.34. The van der Waals surface area contributed by atoms with Crippen LogP contribution < -0.4 is 5.32 Å². The third-order valence-electron chi connectivity index (χ3n) is 3.91. The van der Waals surface area contributed by atoms with E-state index in [0.717, 1.165) is 16.7 Å². The van der Waals surface area contributed by atoms with Crippen LogP contribution in [-0.4, -0.2) is 11.0 Å². The molecule has 1 aliphatic heterocycles. The highest BCUT2D eigenvalue weighted by Gasteiger charge is 2.29. The van der Waals surface area contributed by atoms with Crippen LogP contribution in [0, 0.1) is 0 Å². The van der Waals surface area contributed by atoms with E-state index in [1.165, 1.54) is 0 Å². The number of amides is 1. The Bertz CT molecular complexity index is 685. The van der Waals surface area contributed by atoms with E-state index in [-0.39, 0.29) is 11.8 Å². The number of rotatable bonds is 3. The molecule has 2 aromatic carbocycles. The van der Waals surface area contributed by atoms with Gasteiger partial charge in [-0.15, -0.1) is 0 Å². The average molecular weight is 302 g/mol. The van der Waals surface area contributed by atoms with Gasteiger partial charge in [0.15, 0.2) is 0 Å². The summed E-state index contributed by atoms with van der Waals surface area (Å²) >= 11 is 6.23. The number of nitrogens with one attached hydrogen (secondary N) is 1. The largest absolute Gasteiger partial charge is 0.388 e. The maximum Gasteiger partial charge on any atom is 0.231 e. The van der Waals surface area contributed by atoms with Gasteiger partial charge in [0.1, 0.15) is 0 Å². The van der Waals surface area contributed by atoms with Crippen LogP contribution in [0.5, 0.6) is 0 Å². The van der Waals surface area contributed by atoms with Crippen molar-refractivity contribution in [2.45, 2.75) is 25.4 Å². The molecule has 0 saturated carbocycles. The fraction of sp³-hybridized carbons (Fsp3) is 0.235. The molecule has 1 aliphatic rings. The fourth-order valence-corrected chi connectivity index (χ4v) is 2.93. The SMILES string of the molecule is CC1C(=O)Nc2c(Cl)cc(C(O)Cc3ccccc3)cc21. The van der Waals surface area contributed by atoms with Gasteiger partial charge in [0, 0.05) is 6.42 Å². The summed E-state index contributed by atoms with van der Waals surface area (Å²) in [5.41, 5.74) is 3.33. The lowest BCUT2D eigenvalue weighted by Gasteiger charge is -2.14. The van der Waals surface area contributed by atoms with Gasteiger partial charge in [0.05, 0.1) is 22.7 Å². The standard InChI is InChI=1S/C17H16ClNO2/c1-10-13-8-12(9-14(18)16(13)19-17(10)21)15(20)7-11-5-3-2-4-6-11/h2-6,8-10,15,20H,7H2,1H3,(H,19,21). The summed E-state index contributed by atoms with van der Waals surface area (Å²) in [5.74, 6) is -0.289. The van der Waals surface area contributed by atoms with Gasteiger partial charge >= 0.3 is 0 Å². The Kier molecular flexibility index (Phi) is 3.70. The summed E-state index contributed by atoms with van der Waals surface area (Å²) in [6.07, 6.45) is -0.121. The van der Waals surface area contributed by atoms with E-state index in [4.69, 9.17) is 11.6 Å². The maximum atomic E-state index is 11.7. The Morgan fingerprint density at radius 1 is 1.29 bits per heavy atom. The molecule has 0 fully saturated rings. The quantitative estimate of drug-likeness (QED) is 0.908. The molecule has 108 valence electrons. The van der Waals surface area contributed by atoms with Crippen molar-refractivity contribution in [2.24, 2.45) is 0 Å². The van der Waals surface area contributed by atoms with E-state index in [2.05, 4.69) is 5.32 Å². The van der Waals surface area contributed by atoms with Crippen LogP contribution in [0.3, 0.4) is 0 Å². The van der Waals surface area contributed by atoms with E-state index in [1.54, 1.807) is 6.07 Å². The van der Waals surface area contributed by atoms with Gasteiger partial charge in [0.25, 0.3) is 0 Å². The van der Waals surface area contributed by atoms with Crippen LogP contribution in [0.4, 0.5) is 5.69 Å². The number of hydrogen-bond acceptors (Lipinski definition) is 2. The van der Waals surface area contributed by atoms with Crippen molar-refractivity contribution in [3.63, 3.8) is 0 Å².